The van der Waals surface area contributed by atoms with E-state index in [4.69, 9.17) is 0 Å². The van der Waals surface area contributed by atoms with Crippen molar-refractivity contribution in [2.45, 2.75) is 22.9 Å². The highest BCUT2D eigenvalue weighted by Gasteiger charge is 2.09. The second-order valence-electron chi connectivity index (χ2n) is 5.33. The van der Waals surface area contributed by atoms with Crippen molar-refractivity contribution >= 4 is 50.1 Å². The highest BCUT2D eigenvalue weighted by atomic mass is 79.9. The summed E-state index contributed by atoms with van der Waals surface area (Å²) in [7, 11) is 0. The van der Waals surface area contributed by atoms with Crippen molar-refractivity contribution in [2.75, 3.05) is 5.32 Å². The fourth-order valence-corrected chi connectivity index (χ4v) is 4.33. The molecule has 0 spiro atoms. The number of nitrogens with zero attached hydrogens (tertiary/aromatic N) is 2. The van der Waals surface area contributed by atoms with E-state index in [9.17, 15) is 4.79 Å². The molecule has 1 N–H and O–H groups in total. The highest BCUT2D eigenvalue weighted by molar-refractivity contribution is 9.10. The predicted molar refractivity (Wildman–Crippen MR) is 107 cm³/mol. The number of anilines is 1. The van der Waals surface area contributed by atoms with Gasteiger partial charge in [0.05, 0.1) is 0 Å². The molecule has 4 nitrogen and oxygen atoms in total. The Hall–Kier alpha value is -1.70. The molecule has 0 bridgehead atoms. The van der Waals surface area contributed by atoms with Gasteiger partial charge < -0.3 is 5.32 Å². The normalized spacial score (nSPS) is 10.6. The van der Waals surface area contributed by atoms with Crippen LogP contribution in [0.25, 0.3) is 0 Å². The fourth-order valence-electron chi connectivity index (χ4n) is 2.17. The molecule has 7 heteroatoms. The average molecular weight is 434 g/mol. The van der Waals surface area contributed by atoms with Crippen LogP contribution >= 0.6 is 39.0 Å². The van der Waals surface area contributed by atoms with E-state index in [-0.39, 0.29) is 5.91 Å². The Morgan fingerprint density at radius 2 is 1.88 bits per heavy atom. The zero-order valence-corrected chi connectivity index (χ0v) is 16.5. The Kier molecular flexibility index (Phi) is 6.61. The third-order valence-electron chi connectivity index (χ3n) is 3.39. The second-order valence-corrected chi connectivity index (χ2v) is 8.44. The van der Waals surface area contributed by atoms with Crippen LogP contribution in [0.3, 0.4) is 0 Å². The van der Waals surface area contributed by atoms with Gasteiger partial charge in [-0.15, -0.1) is 10.2 Å². The van der Waals surface area contributed by atoms with Crippen LogP contribution < -0.4 is 5.32 Å². The number of hydrogen-bond donors (Lipinski definition) is 1. The average Bonchev–Trinajstić information content (AvgIpc) is 3.06. The van der Waals surface area contributed by atoms with Gasteiger partial charge in [0.2, 0.25) is 11.0 Å². The summed E-state index contributed by atoms with van der Waals surface area (Å²) in [4.78, 5) is 12.0. The number of aromatic nitrogens is 2. The summed E-state index contributed by atoms with van der Waals surface area (Å²) >= 11 is 6.49. The molecule has 1 aromatic heterocycles. The first kappa shape index (κ1) is 18.1. The summed E-state index contributed by atoms with van der Waals surface area (Å²) in [6, 6.07) is 18.1. The second kappa shape index (κ2) is 9.12. The van der Waals surface area contributed by atoms with E-state index in [1.807, 2.05) is 42.5 Å². The minimum absolute atomic E-state index is 0.0384. The van der Waals surface area contributed by atoms with Crippen molar-refractivity contribution in [3.05, 3.63) is 70.2 Å². The summed E-state index contributed by atoms with van der Waals surface area (Å²) in [5.74, 6) is 0.777. The van der Waals surface area contributed by atoms with E-state index < -0.39 is 0 Å². The van der Waals surface area contributed by atoms with Gasteiger partial charge in [-0.05, 0) is 29.7 Å². The molecule has 0 aliphatic heterocycles. The molecular weight excluding hydrogens is 418 g/mol. The van der Waals surface area contributed by atoms with Crippen molar-refractivity contribution in [2.24, 2.45) is 0 Å². The van der Waals surface area contributed by atoms with Crippen molar-refractivity contribution < 1.29 is 4.79 Å². The number of hydrogen-bond acceptors (Lipinski definition) is 5. The van der Waals surface area contributed by atoms with E-state index in [0.717, 1.165) is 26.5 Å². The predicted octanol–water partition coefficient (Wildman–Crippen LogP) is 5.16. The van der Waals surface area contributed by atoms with Gasteiger partial charge in [-0.3, -0.25) is 4.79 Å². The van der Waals surface area contributed by atoms with Gasteiger partial charge in [0.15, 0.2) is 4.34 Å². The summed E-state index contributed by atoms with van der Waals surface area (Å²) in [6.45, 7) is 0. The van der Waals surface area contributed by atoms with Crippen LogP contribution in [0.2, 0.25) is 0 Å². The zero-order chi connectivity index (χ0) is 17.5. The Bertz CT molecular complexity index is 839. The lowest BCUT2D eigenvalue weighted by Gasteiger charge is -2.01. The smallest absolute Gasteiger partial charge is 0.226 e. The quantitative estimate of drug-likeness (QED) is 0.412. The number of aryl methyl sites for hydroxylation is 1. The minimum atomic E-state index is -0.0384. The highest BCUT2D eigenvalue weighted by Crippen LogP contribution is 2.29. The lowest BCUT2D eigenvalue weighted by molar-refractivity contribution is -0.116. The number of halogens is 1. The topological polar surface area (TPSA) is 54.9 Å². The van der Waals surface area contributed by atoms with Crippen molar-refractivity contribution in [3.63, 3.8) is 0 Å². The van der Waals surface area contributed by atoms with Gasteiger partial charge >= 0.3 is 0 Å². The first-order valence-corrected chi connectivity index (χ1v) is 10.3. The lowest BCUT2D eigenvalue weighted by atomic mass is 10.1. The van der Waals surface area contributed by atoms with E-state index in [1.165, 1.54) is 16.9 Å². The van der Waals surface area contributed by atoms with E-state index >= 15 is 0 Å². The molecule has 0 aliphatic rings. The number of carbonyl (C=O) groups is 1. The largest absolute Gasteiger partial charge is 0.300 e. The molecular formula is C18H16BrN3OS2. The summed E-state index contributed by atoms with van der Waals surface area (Å²) in [6.07, 6.45) is 1.15. The van der Waals surface area contributed by atoms with Crippen LogP contribution in [0.4, 0.5) is 5.13 Å². The van der Waals surface area contributed by atoms with Gasteiger partial charge in [0, 0.05) is 16.6 Å². The Morgan fingerprint density at radius 1 is 1.08 bits per heavy atom. The molecule has 1 heterocycles. The summed E-state index contributed by atoms with van der Waals surface area (Å²) in [5, 5.41) is 11.6. The van der Waals surface area contributed by atoms with E-state index in [1.54, 1.807) is 11.8 Å². The number of thioether (sulfide) groups is 1. The minimum Gasteiger partial charge on any atom is -0.300 e. The van der Waals surface area contributed by atoms with E-state index in [0.29, 0.717) is 11.6 Å². The van der Waals surface area contributed by atoms with Crippen LogP contribution in [0.15, 0.2) is 63.4 Å². The number of amides is 1. The monoisotopic (exact) mass is 433 g/mol. The maximum absolute atomic E-state index is 12.0. The Labute approximate surface area is 163 Å². The molecule has 0 fully saturated rings. The van der Waals surface area contributed by atoms with Gasteiger partial charge in [-0.1, -0.05) is 81.5 Å². The van der Waals surface area contributed by atoms with Crippen LogP contribution in [0, 0.1) is 0 Å². The lowest BCUT2D eigenvalue weighted by Crippen LogP contribution is -2.12. The number of nitrogens with one attached hydrogen (secondary N) is 1. The maximum Gasteiger partial charge on any atom is 0.226 e. The molecule has 3 aromatic rings. The number of rotatable bonds is 7. The van der Waals surface area contributed by atoms with Crippen molar-refractivity contribution in [1.82, 2.24) is 10.2 Å². The molecule has 0 atom stereocenters. The van der Waals surface area contributed by atoms with Crippen LogP contribution in [-0.2, 0) is 17.0 Å². The standard InChI is InChI=1S/C18H16BrN3OS2/c19-15-8-4-7-14(11-15)12-24-18-22-21-17(25-18)20-16(23)10-9-13-5-2-1-3-6-13/h1-8,11H,9-10,12H2,(H,20,21,23). The molecule has 3 rings (SSSR count). The molecule has 0 unspecified atom stereocenters. The number of carbonyl (C=O) groups excluding carboxylic acids is 1. The molecule has 1 amide bonds. The Morgan fingerprint density at radius 3 is 2.68 bits per heavy atom. The molecule has 25 heavy (non-hydrogen) atoms. The zero-order valence-electron chi connectivity index (χ0n) is 13.3. The van der Waals surface area contributed by atoms with Gasteiger partial charge in [0.25, 0.3) is 0 Å². The SMILES string of the molecule is O=C(CCc1ccccc1)Nc1nnc(SCc2cccc(Br)c2)s1. The molecule has 128 valence electrons. The molecule has 0 radical (unpaired) electrons. The molecule has 2 aromatic carbocycles. The Balaban J connectivity index is 1.47. The third-order valence-corrected chi connectivity index (χ3v) is 5.92. The van der Waals surface area contributed by atoms with Crippen molar-refractivity contribution in [3.8, 4) is 0 Å². The van der Waals surface area contributed by atoms with E-state index in [2.05, 4.69) is 43.6 Å². The summed E-state index contributed by atoms with van der Waals surface area (Å²) < 4.78 is 1.91. The first-order chi connectivity index (χ1) is 12.2. The summed E-state index contributed by atoms with van der Waals surface area (Å²) in [5.41, 5.74) is 2.36. The number of benzene rings is 2. The molecule has 0 saturated heterocycles. The fraction of sp³-hybridized carbons (Fsp3) is 0.167. The van der Waals surface area contributed by atoms with Gasteiger partial charge in [0.1, 0.15) is 0 Å². The molecule has 0 saturated carbocycles. The van der Waals surface area contributed by atoms with Crippen LogP contribution in [-0.4, -0.2) is 16.1 Å². The maximum atomic E-state index is 12.0. The first-order valence-electron chi connectivity index (χ1n) is 7.73. The van der Waals surface area contributed by atoms with Gasteiger partial charge in [-0.25, -0.2) is 0 Å². The third kappa shape index (κ3) is 5.95. The molecule has 0 aliphatic carbocycles. The van der Waals surface area contributed by atoms with Crippen LogP contribution in [0.1, 0.15) is 17.5 Å². The van der Waals surface area contributed by atoms with Crippen molar-refractivity contribution in [1.29, 1.82) is 0 Å². The van der Waals surface area contributed by atoms with Gasteiger partial charge in [-0.2, -0.15) is 0 Å². The van der Waals surface area contributed by atoms with Crippen LogP contribution in [0.5, 0.6) is 0 Å².